The lowest BCUT2D eigenvalue weighted by Crippen LogP contribution is -2.35. The predicted molar refractivity (Wildman–Crippen MR) is 70.2 cm³/mol. The molecule has 0 saturated heterocycles. The van der Waals surface area contributed by atoms with Gasteiger partial charge in [-0.15, -0.1) is 0 Å². The number of benzene rings is 1. The Balaban J connectivity index is 2.17. The van der Waals surface area contributed by atoms with Crippen molar-refractivity contribution in [1.29, 1.82) is 0 Å². The van der Waals surface area contributed by atoms with E-state index in [2.05, 4.69) is 0 Å². The normalized spacial score (nSPS) is 27.2. The Bertz CT molecular complexity index is 524. The zero-order chi connectivity index (χ0) is 13.4. The van der Waals surface area contributed by atoms with Crippen molar-refractivity contribution in [1.82, 2.24) is 0 Å². The quantitative estimate of drug-likeness (QED) is 0.874. The zero-order valence-corrected chi connectivity index (χ0v) is 11.5. The summed E-state index contributed by atoms with van der Waals surface area (Å²) in [6.45, 7) is 4.65. The van der Waals surface area contributed by atoms with Crippen LogP contribution in [0.5, 0.6) is 0 Å². The third-order valence-electron chi connectivity index (χ3n) is 3.35. The monoisotopic (exact) mass is 269 g/mol. The average molecular weight is 269 g/mol. The van der Waals surface area contributed by atoms with E-state index in [0.29, 0.717) is 24.5 Å². The van der Waals surface area contributed by atoms with Gasteiger partial charge in [-0.3, -0.25) is 0 Å². The van der Waals surface area contributed by atoms with Gasteiger partial charge in [-0.05, 0) is 32.4 Å². The first-order valence-electron chi connectivity index (χ1n) is 6.07. The molecule has 0 radical (unpaired) electrons. The number of aryl methyl sites for hydroxylation is 1. The molecule has 100 valence electrons. The van der Waals surface area contributed by atoms with Gasteiger partial charge >= 0.3 is 0 Å². The Morgan fingerprint density at radius 1 is 1.39 bits per heavy atom. The van der Waals surface area contributed by atoms with Crippen LogP contribution in [0.25, 0.3) is 0 Å². The fourth-order valence-electron chi connectivity index (χ4n) is 2.04. The van der Waals surface area contributed by atoms with Gasteiger partial charge in [0.25, 0.3) is 0 Å². The van der Waals surface area contributed by atoms with Crippen molar-refractivity contribution < 1.29 is 13.2 Å². The summed E-state index contributed by atoms with van der Waals surface area (Å²) in [5, 5.41) is -0.515. The van der Waals surface area contributed by atoms with Crippen LogP contribution in [0.4, 0.5) is 0 Å². The van der Waals surface area contributed by atoms with Gasteiger partial charge in [0.15, 0.2) is 9.84 Å². The summed E-state index contributed by atoms with van der Waals surface area (Å²) in [7, 11) is -3.33. The van der Waals surface area contributed by atoms with Crippen molar-refractivity contribution in [2.45, 2.75) is 36.0 Å². The van der Waals surface area contributed by atoms with Gasteiger partial charge in [0.2, 0.25) is 0 Å². The maximum absolute atomic E-state index is 12.3. The number of sulfone groups is 1. The largest absolute Gasteiger partial charge is 0.380 e. The Morgan fingerprint density at radius 3 is 2.56 bits per heavy atom. The molecule has 4 nitrogen and oxygen atoms in total. The average Bonchev–Trinajstić information content (AvgIpc) is 3.01. The van der Waals surface area contributed by atoms with Crippen LogP contribution >= 0.6 is 0 Å². The molecule has 0 aliphatic heterocycles. The van der Waals surface area contributed by atoms with Crippen LogP contribution in [0.1, 0.15) is 18.9 Å². The highest BCUT2D eigenvalue weighted by Gasteiger charge is 2.59. The van der Waals surface area contributed by atoms with Gasteiger partial charge in [0.05, 0.1) is 22.3 Å². The fraction of sp³-hybridized carbons (Fsp3) is 0.538. The van der Waals surface area contributed by atoms with E-state index in [0.717, 1.165) is 5.56 Å². The van der Waals surface area contributed by atoms with Crippen molar-refractivity contribution in [2.24, 2.45) is 5.73 Å². The maximum Gasteiger partial charge on any atom is 0.183 e. The van der Waals surface area contributed by atoms with E-state index < -0.39 is 20.6 Å². The molecule has 18 heavy (non-hydrogen) atoms. The van der Waals surface area contributed by atoms with Gasteiger partial charge in [-0.1, -0.05) is 17.7 Å². The molecule has 0 bridgehead atoms. The number of hydrogen-bond acceptors (Lipinski definition) is 4. The molecule has 5 heteroatoms. The van der Waals surface area contributed by atoms with Crippen LogP contribution in [-0.4, -0.2) is 32.4 Å². The minimum atomic E-state index is -3.33. The molecule has 0 spiro atoms. The lowest BCUT2D eigenvalue weighted by atomic mass is 10.2. The molecule has 2 rings (SSSR count). The van der Waals surface area contributed by atoms with E-state index in [-0.39, 0.29) is 0 Å². The molecule has 1 fully saturated rings. The number of rotatable bonds is 5. The van der Waals surface area contributed by atoms with Gasteiger partial charge < -0.3 is 10.5 Å². The second-order valence-corrected chi connectivity index (χ2v) is 7.05. The number of ether oxygens (including phenoxy) is 1. The number of nitrogens with two attached hydrogens (primary N) is 1. The van der Waals surface area contributed by atoms with E-state index >= 15 is 0 Å². The lowest BCUT2D eigenvalue weighted by Gasteiger charge is -2.11. The van der Waals surface area contributed by atoms with Crippen LogP contribution in [0, 0.1) is 6.92 Å². The van der Waals surface area contributed by atoms with E-state index in [9.17, 15) is 8.42 Å². The first kappa shape index (κ1) is 13.5. The zero-order valence-electron chi connectivity index (χ0n) is 10.7. The molecule has 0 aromatic heterocycles. The van der Waals surface area contributed by atoms with Gasteiger partial charge in [-0.2, -0.15) is 0 Å². The summed E-state index contributed by atoms with van der Waals surface area (Å²) < 4.78 is 29.9. The minimum absolute atomic E-state index is 0.305. The van der Waals surface area contributed by atoms with Gasteiger partial charge in [0.1, 0.15) is 0 Å². The molecule has 1 aromatic rings. The van der Waals surface area contributed by atoms with Crippen LogP contribution in [-0.2, 0) is 14.6 Å². The highest BCUT2D eigenvalue weighted by molar-refractivity contribution is 7.92. The van der Waals surface area contributed by atoms with Crippen LogP contribution in [0.3, 0.4) is 0 Å². The standard InChI is InChI=1S/C13H19NO3S/c1-3-17-9-13(14)8-12(13)18(15,16)11-6-4-10(2)5-7-11/h4-7,12H,3,8-9,14H2,1-2H3/t12-,13+/m1/s1. The highest BCUT2D eigenvalue weighted by atomic mass is 32.2. The van der Waals surface area contributed by atoms with Crippen molar-refractivity contribution >= 4 is 9.84 Å². The fourth-order valence-corrected chi connectivity index (χ4v) is 4.10. The van der Waals surface area contributed by atoms with Crippen molar-refractivity contribution in [3.8, 4) is 0 Å². The molecule has 1 aliphatic carbocycles. The molecular formula is C13H19NO3S. The summed E-state index contributed by atoms with van der Waals surface area (Å²) in [6.07, 6.45) is 0.475. The van der Waals surface area contributed by atoms with Crippen LogP contribution < -0.4 is 5.73 Å². The van der Waals surface area contributed by atoms with Crippen molar-refractivity contribution in [2.75, 3.05) is 13.2 Å². The molecule has 1 saturated carbocycles. The third kappa shape index (κ3) is 2.43. The van der Waals surface area contributed by atoms with Crippen molar-refractivity contribution in [3.05, 3.63) is 29.8 Å². The Morgan fingerprint density at radius 2 is 2.00 bits per heavy atom. The summed E-state index contributed by atoms with van der Waals surface area (Å²) in [6, 6.07) is 6.89. The molecule has 2 atom stereocenters. The molecular weight excluding hydrogens is 250 g/mol. The molecule has 1 aliphatic rings. The van der Waals surface area contributed by atoms with Gasteiger partial charge in [-0.25, -0.2) is 8.42 Å². The van der Waals surface area contributed by atoms with E-state index in [1.165, 1.54) is 0 Å². The van der Waals surface area contributed by atoms with E-state index in [1.807, 2.05) is 13.8 Å². The smallest absolute Gasteiger partial charge is 0.183 e. The van der Waals surface area contributed by atoms with E-state index in [4.69, 9.17) is 10.5 Å². The molecule has 0 unspecified atom stereocenters. The van der Waals surface area contributed by atoms with Crippen molar-refractivity contribution in [3.63, 3.8) is 0 Å². The number of hydrogen-bond donors (Lipinski definition) is 1. The summed E-state index contributed by atoms with van der Waals surface area (Å²) in [5.74, 6) is 0. The highest BCUT2D eigenvalue weighted by Crippen LogP contribution is 2.42. The van der Waals surface area contributed by atoms with Crippen LogP contribution in [0.15, 0.2) is 29.2 Å². The first-order valence-corrected chi connectivity index (χ1v) is 7.62. The SMILES string of the molecule is CCOC[C@@]1(N)C[C@H]1S(=O)(=O)c1ccc(C)cc1. The summed E-state index contributed by atoms with van der Waals surface area (Å²) in [4.78, 5) is 0.349. The lowest BCUT2D eigenvalue weighted by molar-refractivity contribution is 0.127. The molecule has 2 N–H and O–H groups in total. The Hall–Kier alpha value is -0.910. The molecule has 0 amide bonds. The Labute approximate surface area is 108 Å². The second-order valence-electron chi connectivity index (χ2n) is 4.92. The predicted octanol–water partition coefficient (Wildman–Crippen LogP) is 1.28. The molecule has 1 aromatic carbocycles. The second kappa shape index (κ2) is 4.64. The van der Waals surface area contributed by atoms with Gasteiger partial charge in [0, 0.05) is 6.61 Å². The van der Waals surface area contributed by atoms with Crippen LogP contribution in [0.2, 0.25) is 0 Å². The van der Waals surface area contributed by atoms with E-state index in [1.54, 1.807) is 24.3 Å². The summed E-state index contributed by atoms with van der Waals surface area (Å²) in [5.41, 5.74) is 6.36. The topological polar surface area (TPSA) is 69.4 Å². The first-order chi connectivity index (χ1) is 8.40. The minimum Gasteiger partial charge on any atom is -0.380 e. The Kier molecular flexibility index (Phi) is 3.49. The maximum atomic E-state index is 12.3. The third-order valence-corrected chi connectivity index (χ3v) is 5.66. The molecule has 0 heterocycles. The summed E-state index contributed by atoms with van der Waals surface area (Å²) >= 11 is 0.